The number of ketones is 1. The van der Waals surface area contributed by atoms with Crippen LogP contribution in [0.1, 0.15) is 47.2 Å². The van der Waals surface area contributed by atoms with Gasteiger partial charge in [-0.1, -0.05) is 77.8 Å². The van der Waals surface area contributed by atoms with Crippen LogP contribution < -0.4 is 9.80 Å². The number of phenolic OH excluding ortho intramolecular Hbond substituents is 1. The first-order chi connectivity index (χ1) is 23.6. The van der Waals surface area contributed by atoms with Gasteiger partial charge in [0.1, 0.15) is 5.75 Å². The fourth-order valence-electron chi connectivity index (χ4n) is 8.71. The van der Waals surface area contributed by atoms with Gasteiger partial charge >= 0.3 is 0 Å². The largest absolute Gasteiger partial charge is 0.508 e. The molecule has 2 aliphatic heterocycles. The zero-order valence-corrected chi connectivity index (χ0v) is 27.2. The molecule has 3 fully saturated rings. The van der Waals surface area contributed by atoms with Gasteiger partial charge in [-0.25, -0.2) is 4.90 Å². The Bertz CT molecular complexity index is 2100. The molecule has 4 aromatic rings. The first kappa shape index (κ1) is 31.0. The Morgan fingerprint density at radius 3 is 2.06 bits per heavy atom. The molecule has 0 radical (unpaired) electrons. The number of fused-ring (bicyclic) bond motifs is 4. The lowest BCUT2D eigenvalue weighted by Gasteiger charge is -2.49. The van der Waals surface area contributed by atoms with Crippen LogP contribution in [-0.4, -0.2) is 34.5 Å². The molecule has 4 amide bonds. The summed E-state index contributed by atoms with van der Waals surface area (Å²) in [6.07, 6.45) is 2.45. The highest BCUT2D eigenvalue weighted by atomic mass is 35.5. The molecular formula is C40H31ClN2O6. The number of anilines is 2. The average Bonchev–Trinajstić information content (AvgIpc) is 3.48. The van der Waals surface area contributed by atoms with Crippen molar-refractivity contribution in [3.63, 3.8) is 0 Å². The smallest absolute Gasteiger partial charge is 0.241 e. The Kier molecular flexibility index (Phi) is 7.19. The van der Waals surface area contributed by atoms with E-state index in [1.165, 1.54) is 21.9 Å². The first-order valence-electron chi connectivity index (χ1n) is 16.3. The lowest BCUT2D eigenvalue weighted by atomic mass is 9.51. The standard InChI is InChI=1S/C40H31ClN2O6/c1-40-31(37(47)43(39(40)49)24-10-6-3-7-11-24)21-30-27(34(40)28-17-16-26(44)20-32(28)41)18-19-29-33(30)38(48)42(36(29)46)25-14-12-23(13-15-25)35(45)22-8-4-2-5-9-22/h2-18,20,29-31,33-34,44H,19,21H2,1H3. The molecule has 1 saturated carbocycles. The monoisotopic (exact) mass is 670 g/mol. The number of aromatic hydroxyl groups is 1. The van der Waals surface area contributed by atoms with Crippen molar-refractivity contribution < 1.29 is 29.1 Å². The van der Waals surface area contributed by atoms with E-state index >= 15 is 0 Å². The summed E-state index contributed by atoms with van der Waals surface area (Å²) in [5, 5.41) is 10.4. The molecule has 6 atom stereocenters. The van der Waals surface area contributed by atoms with Crippen molar-refractivity contribution in [3.05, 3.63) is 136 Å². The Labute approximate surface area is 287 Å². The second-order valence-electron chi connectivity index (χ2n) is 13.5. The van der Waals surface area contributed by atoms with Gasteiger partial charge in [0.15, 0.2) is 5.78 Å². The van der Waals surface area contributed by atoms with Crippen molar-refractivity contribution in [2.45, 2.75) is 25.7 Å². The van der Waals surface area contributed by atoms with E-state index in [4.69, 9.17) is 11.6 Å². The third-order valence-corrected chi connectivity index (χ3v) is 11.3. The lowest BCUT2D eigenvalue weighted by molar-refractivity contribution is -0.131. The fraction of sp³-hybridized carbons (Fsp3) is 0.225. The number of carbonyl (C=O) groups is 5. The summed E-state index contributed by atoms with van der Waals surface area (Å²) < 4.78 is 0. The third-order valence-electron chi connectivity index (χ3n) is 11.0. The van der Waals surface area contributed by atoms with Crippen LogP contribution in [0.15, 0.2) is 115 Å². The van der Waals surface area contributed by atoms with Gasteiger partial charge < -0.3 is 5.11 Å². The molecule has 0 spiro atoms. The number of carbonyl (C=O) groups excluding carboxylic acids is 5. The molecule has 8 rings (SSSR count). The predicted molar refractivity (Wildman–Crippen MR) is 183 cm³/mol. The molecule has 6 unspecified atom stereocenters. The molecule has 4 aromatic carbocycles. The van der Waals surface area contributed by atoms with Crippen LogP contribution >= 0.6 is 11.6 Å². The normalized spacial score (nSPS) is 27.5. The number of allylic oxidation sites excluding steroid dienone is 2. The summed E-state index contributed by atoms with van der Waals surface area (Å²) in [5.41, 5.74) is 1.94. The highest BCUT2D eigenvalue weighted by Gasteiger charge is 2.67. The number of hydrogen-bond donors (Lipinski definition) is 1. The minimum Gasteiger partial charge on any atom is -0.508 e. The van der Waals surface area contributed by atoms with Crippen molar-refractivity contribution in [2.75, 3.05) is 9.80 Å². The van der Waals surface area contributed by atoms with Gasteiger partial charge in [-0.3, -0.25) is 28.9 Å². The van der Waals surface area contributed by atoms with E-state index in [2.05, 4.69) is 0 Å². The van der Waals surface area contributed by atoms with Crippen LogP contribution in [-0.2, 0) is 19.2 Å². The van der Waals surface area contributed by atoms with Crippen LogP contribution in [0.2, 0.25) is 5.02 Å². The van der Waals surface area contributed by atoms with Crippen molar-refractivity contribution in [3.8, 4) is 5.75 Å². The maximum atomic E-state index is 14.5. The lowest BCUT2D eigenvalue weighted by Crippen LogP contribution is -2.49. The Morgan fingerprint density at radius 2 is 1.39 bits per heavy atom. The summed E-state index contributed by atoms with van der Waals surface area (Å²) in [6, 6.07) is 28.7. The highest BCUT2D eigenvalue weighted by molar-refractivity contribution is 6.32. The van der Waals surface area contributed by atoms with Crippen LogP contribution in [0, 0.1) is 29.1 Å². The molecule has 2 saturated heterocycles. The topological polar surface area (TPSA) is 112 Å². The SMILES string of the molecule is CC12C(=O)N(c3ccccc3)C(=O)C1CC1C(=CCC3C(=O)N(c4ccc(C(=O)c5ccccc5)cc4)C(=O)C31)C2c1ccc(O)cc1Cl. The minimum absolute atomic E-state index is 0.0380. The van der Waals surface area contributed by atoms with E-state index in [1.54, 1.807) is 85.8 Å². The van der Waals surface area contributed by atoms with E-state index in [9.17, 15) is 29.1 Å². The number of hydrogen-bond acceptors (Lipinski definition) is 6. The van der Waals surface area contributed by atoms with E-state index in [0.717, 1.165) is 5.57 Å². The molecule has 9 heteroatoms. The van der Waals surface area contributed by atoms with E-state index in [-0.39, 0.29) is 53.0 Å². The van der Waals surface area contributed by atoms with Crippen molar-refractivity contribution in [2.24, 2.45) is 29.1 Å². The zero-order valence-electron chi connectivity index (χ0n) is 26.5. The van der Waals surface area contributed by atoms with Gasteiger partial charge in [-0.2, -0.15) is 0 Å². The Hall–Kier alpha value is -5.34. The summed E-state index contributed by atoms with van der Waals surface area (Å²) in [6.45, 7) is 1.80. The van der Waals surface area contributed by atoms with Gasteiger partial charge in [-0.05, 0) is 79.8 Å². The Morgan fingerprint density at radius 1 is 0.755 bits per heavy atom. The van der Waals surface area contributed by atoms with Gasteiger partial charge in [0.05, 0.1) is 34.5 Å². The van der Waals surface area contributed by atoms with Crippen LogP contribution in [0.5, 0.6) is 5.75 Å². The number of nitrogens with zero attached hydrogens (tertiary/aromatic N) is 2. The van der Waals surface area contributed by atoms with Gasteiger partial charge in [-0.15, -0.1) is 0 Å². The molecule has 2 heterocycles. The van der Waals surface area contributed by atoms with Gasteiger partial charge in [0.25, 0.3) is 0 Å². The predicted octanol–water partition coefficient (Wildman–Crippen LogP) is 6.71. The van der Waals surface area contributed by atoms with E-state index < -0.39 is 35.0 Å². The molecule has 4 aliphatic rings. The van der Waals surface area contributed by atoms with Gasteiger partial charge in [0.2, 0.25) is 23.6 Å². The van der Waals surface area contributed by atoms with Crippen LogP contribution in [0.3, 0.4) is 0 Å². The highest BCUT2D eigenvalue weighted by Crippen LogP contribution is 2.64. The number of benzene rings is 4. The number of imide groups is 2. The minimum atomic E-state index is -1.24. The molecule has 2 aliphatic carbocycles. The fourth-order valence-corrected chi connectivity index (χ4v) is 8.99. The van der Waals surface area contributed by atoms with E-state index in [1.807, 2.05) is 18.2 Å². The molecule has 1 N–H and O–H groups in total. The number of para-hydroxylation sites is 1. The van der Waals surface area contributed by atoms with Gasteiger partial charge in [0, 0.05) is 22.1 Å². The summed E-state index contributed by atoms with van der Waals surface area (Å²) in [7, 11) is 0. The van der Waals surface area contributed by atoms with Crippen LogP contribution in [0.4, 0.5) is 11.4 Å². The number of rotatable bonds is 5. The molecule has 0 bridgehead atoms. The second kappa shape index (κ2) is 11.4. The second-order valence-corrected chi connectivity index (χ2v) is 13.9. The number of phenols is 1. The number of halogens is 1. The van der Waals surface area contributed by atoms with Crippen molar-refractivity contribution in [1.29, 1.82) is 0 Å². The summed E-state index contributed by atoms with van der Waals surface area (Å²) in [5.74, 6) is -5.02. The van der Waals surface area contributed by atoms with E-state index in [0.29, 0.717) is 28.1 Å². The molecule has 0 aromatic heterocycles. The zero-order chi connectivity index (χ0) is 34.2. The quantitative estimate of drug-likeness (QED) is 0.144. The average molecular weight is 671 g/mol. The Balaban J connectivity index is 1.18. The van der Waals surface area contributed by atoms with Crippen molar-refractivity contribution >= 4 is 52.4 Å². The maximum absolute atomic E-state index is 14.5. The third kappa shape index (κ3) is 4.54. The van der Waals surface area contributed by atoms with Crippen LogP contribution in [0.25, 0.3) is 0 Å². The van der Waals surface area contributed by atoms with Crippen molar-refractivity contribution in [1.82, 2.24) is 0 Å². The summed E-state index contributed by atoms with van der Waals surface area (Å²) in [4.78, 5) is 72.6. The molecule has 8 nitrogen and oxygen atoms in total. The maximum Gasteiger partial charge on any atom is 0.241 e. The first-order valence-corrected chi connectivity index (χ1v) is 16.7. The summed E-state index contributed by atoms with van der Waals surface area (Å²) >= 11 is 6.77. The molecular weight excluding hydrogens is 640 g/mol. The molecule has 244 valence electrons. The number of amides is 4. The molecule has 49 heavy (non-hydrogen) atoms.